The van der Waals surface area contributed by atoms with Crippen LogP contribution in [0.5, 0.6) is 0 Å². The highest BCUT2D eigenvalue weighted by atomic mass is 19.1. The number of imide groups is 1. The summed E-state index contributed by atoms with van der Waals surface area (Å²) in [4.78, 5) is 23.0. The average molecular weight is 271 g/mol. The molecule has 0 aliphatic carbocycles. The van der Waals surface area contributed by atoms with Crippen molar-refractivity contribution in [3.05, 3.63) is 53.3 Å². The Morgan fingerprint density at radius 1 is 1.00 bits per heavy atom. The smallest absolute Gasteiger partial charge is 0.259 e. The van der Waals surface area contributed by atoms with E-state index in [-0.39, 0.29) is 5.56 Å². The summed E-state index contributed by atoms with van der Waals surface area (Å²) in [7, 11) is 0. The zero-order chi connectivity index (χ0) is 14.3. The van der Waals surface area contributed by atoms with Crippen molar-refractivity contribution in [2.75, 3.05) is 11.1 Å². The van der Waals surface area contributed by atoms with Gasteiger partial charge in [-0.3, -0.25) is 14.9 Å². The lowest BCUT2D eigenvalue weighted by atomic mass is 10.1. The van der Waals surface area contributed by atoms with Gasteiger partial charge in [-0.05, 0) is 36.4 Å². The number of benzene rings is 2. The van der Waals surface area contributed by atoms with Crippen LogP contribution in [0.15, 0.2) is 36.4 Å². The lowest BCUT2D eigenvalue weighted by Gasteiger charge is -2.10. The summed E-state index contributed by atoms with van der Waals surface area (Å²) in [5.41, 5.74) is 7.68. The van der Waals surface area contributed by atoms with Gasteiger partial charge in [0.1, 0.15) is 5.82 Å². The first-order valence-electron chi connectivity index (χ1n) is 5.86. The number of hydrogen-bond acceptors (Lipinski definition) is 4. The molecule has 6 heteroatoms. The van der Waals surface area contributed by atoms with Gasteiger partial charge >= 0.3 is 0 Å². The highest BCUT2D eigenvalue weighted by Crippen LogP contribution is 2.26. The van der Waals surface area contributed by atoms with E-state index in [1.807, 2.05) is 0 Å². The lowest BCUT2D eigenvalue weighted by Crippen LogP contribution is -2.19. The predicted octanol–water partition coefficient (Wildman–Crippen LogP) is 2.04. The summed E-state index contributed by atoms with van der Waals surface area (Å²) in [6.07, 6.45) is 0. The second-order valence-electron chi connectivity index (χ2n) is 4.40. The number of rotatable bonds is 2. The number of fused-ring (bicyclic) bond motifs is 1. The molecule has 1 heterocycles. The molecule has 5 nitrogen and oxygen atoms in total. The maximum atomic E-state index is 13.2. The Balaban J connectivity index is 1.97. The maximum absolute atomic E-state index is 13.2. The van der Waals surface area contributed by atoms with Gasteiger partial charge in [0.25, 0.3) is 11.8 Å². The molecule has 1 aliphatic rings. The molecule has 0 saturated carbocycles. The van der Waals surface area contributed by atoms with Gasteiger partial charge < -0.3 is 11.1 Å². The SMILES string of the molecule is Nc1ccc(F)cc1Nc1ccc2c(c1)C(=O)NC2=O. The van der Waals surface area contributed by atoms with Crippen molar-refractivity contribution in [1.82, 2.24) is 5.32 Å². The Morgan fingerprint density at radius 2 is 1.75 bits per heavy atom. The number of nitrogens with two attached hydrogens (primary N) is 1. The Bertz CT molecular complexity index is 743. The van der Waals surface area contributed by atoms with E-state index in [9.17, 15) is 14.0 Å². The first-order valence-corrected chi connectivity index (χ1v) is 5.86. The first-order chi connectivity index (χ1) is 9.54. The highest BCUT2D eigenvalue weighted by molar-refractivity contribution is 6.21. The fourth-order valence-corrected chi connectivity index (χ4v) is 2.04. The van der Waals surface area contributed by atoms with Gasteiger partial charge in [-0.2, -0.15) is 0 Å². The standard InChI is InChI=1S/C14H10FN3O2/c15-7-1-4-11(16)12(5-7)17-8-2-3-9-10(6-8)14(20)18-13(9)19/h1-6,17H,16H2,(H,18,19,20). The number of hydrogen-bond donors (Lipinski definition) is 3. The number of nitrogen functional groups attached to an aromatic ring is 1. The Morgan fingerprint density at radius 3 is 2.55 bits per heavy atom. The average Bonchev–Trinajstić information content (AvgIpc) is 2.69. The summed E-state index contributed by atoms with van der Waals surface area (Å²) in [5.74, 6) is -1.28. The van der Waals surface area contributed by atoms with Crippen molar-refractivity contribution in [1.29, 1.82) is 0 Å². The van der Waals surface area contributed by atoms with Crippen molar-refractivity contribution in [3.8, 4) is 0 Å². The number of amides is 2. The van der Waals surface area contributed by atoms with Crippen LogP contribution < -0.4 is 16.4 Å². The second-order valence-corrected chi connectivity index (χ2v) is 4.40. The molecule has 1 aliphatic heterocycles. The van der Waals surface area contributed by atoms with Crippen LogP contribution >= 0.6 is 0 Å². The maximum Gasteiger partial charge on any atom is 0.259 e. The van der Waals surface area contributed by atoms with Gasteiger partial charge in [0.15, 0.2) is 0 Å². The zero-order valence-electron chi connectivity index (χ0n) is 10.2. The minimum atomic E-state index is -0.444. The molecule has 2 aromatic carbocycles. The fourth-order valence-electron chi connectivity index (χ4n) is 2.04. The van der Waals surface area contributed by atoms with Gasteiger partial charge in [0.05, 0.1) is 22.5 Å². The minimum Gasteiger partial charge on any atom is -0.397 e. The Labute approximate surface area is 113 Å². The largest absolute Gasteiger partial charge is 0.397 e. The Hall–Kier alpha value is -2.89. The van der Waals surface area contributed by atoms with Crippen molar-refractivity contribution < 1.29 is 14.0 Å². The summed E-state index contributed by atoms with van der Waals surface area (Å²) in [5, 5.41) is 5.13. The topological polar surface area (TPSA) is 84.2 Å². The van der Waals surface area contributed by atoms with E-state index in [2.05, 4.69) is 10.6 Å². The quantitative estimate of drug-likeness (QED) is 0.576. The summed E-state index contributed by atoms with van der Waals surface area (Å²) in [6.45, 7) is 0. The first kappa shape index (κ1) is 12.2. The van der Waals surface area contributed by atoms with E-state index in [1.165, 1.54) is 30.3 Å². The number of halogens is 1. The third-order valence-corrected chi connectivity index (χ3v) is 3.03. The molecular formula is C14H10FN3O2. The molecule has 0 fully saturated rings. The number of anilines is 3. The molecular weight excluding hydrogens is 261 g/mol. The van der Waals surface area contributed by atoms with Crippen LogP contribution in [0.25, 0.3) is 0 Å². The van der Waals surface area contributed by atoms with Gasteiger partial charge in [0, 0.05) is 5.69 Å². The van der Waals surface area contributed by atoms with Gasteiger partial charge in [0.2, 0.25) is 0 Å². The third kappa shape index (κ3) is 1.97. The van der Waals surface area contributed by atoms with E-state index in [0.29, 0.717) is 22.6 Å². The summed E-state index contributed by atoms with van der Waals surface area (Å²) >= 11 is 0. The number of carbonyl (C=O) groups is 2. The fraction of sp³-hybridized carbons (Fsp3) is 0. The molecule has 0 aromatic heterocycles. The van der Waals surface area contributed by atoms with Crippen LogP contribution in [0.4, 0.5) is 21.5 Å². The highest BCUT2D eigenvalue weighted by Gasteiger charge is 2.26. The second kappa shape index (κ2) is 4.34. The molecule has 3 rings (SSSR count). The van der Waals surface area contributed by atoms with Crippen molar-refractivity contribution >= 4 is 28.9 Å². The van der Waals surface area contributed by atoms with Gasteiger partial charge in [-0.1, -0.05) is 0 Å². The lowest BCUT2D eigenvalue weighted by molar-refractivity contribution is 0.0879. The number of carbonyl (C=O) groups excluding carboxylic acids is 2. The van der Waals surface area contributed by atoms with Crippen LogP contribution in [0.2, 0.25) is 0 Å². The van der Waals surface area contributed by atoms with E-state index < -0.39 is 17.6 Å². The van der Waals surface area contributed by atoms with E-state index in [1.54, 1.807) is 6.07 Å². The Kier molecular flexibility index (Phi) is 2.64. The van der Waals surface area contributed by atoms with E-state index >= 15 is 0 Å². The normalized spacial score (nSPS) is 13.1. The van der Waals surface area contributed by atoms with E-state index in [0.717, 1.165) is 0 Å². The minimum absolute atomic E-state index is 0.287. The van der Waals surface area contributed by atoms with Gasteiger partial charge in [-0.25, -0.2) is 4.39 Å². The van der Waals surface area contributed by atoms with Crippen LogP contribution in [0.1, 0.15) is 20.7 Å². The van der Waals surface area contributed by atoms with Crippen LogP contribution in [-0.4, -0.2) is 11.8 Å². The predicted molar refractivity (Wildman–Crippen MR) is 72.3 cm³/mol. The molecule has 100 valence electrons. The zero-order valence-corrected chi connectivity index (χ0v) is 10.2. The summed E-state index contributed by atoms with van der Waals surface area (Å²) < 4.78 is 13.2. The molecule has 4 N–H and O–H groups in total. The van der Waals surface area contributed by atoms with Crippen molar-refractivity contribution in [3.63, 3.8) is 0 Å². The van der Waals surface area contributed by atoms with Crippen LogP contribution in [-0.2, 0) is 0 Å². The molecule has 2 amide bonds. The molecule has 2 aromatic rings. The van der Waals surface area contributed by atoms with Crippen LogP contribution in [0, 0.1) is 5.82 Å². The molecule has 0 saturated heterocycles. The van der Waals surface area contributed by atoms with Gasteiger partial charge in [-0.15, -0.1) is 0 Å². The molecule has 0 atom stereocenters. The molecule has 0 spiro atoms. The van der Waals surface area contributed by atoms with E-state index in [4.69, 9.17) is 5.73 Å². The van der Waals surface area contributed by atoms with Crippen LogP contribution in [0.3, 0.4) is 0 Å². The number of nitrogens with one attached hydrogen (secondary N) is 2. The summed E-state index contributed by atoms with van der Waals surface area (Å²) in [6, 6.07) is 8.65. The third-order valence-electron chi connectivity index (χ3n) is 3.03. The molecule has 20 heavy (non-hydrogen) atoms. The van der Waals surface area contributed by atoms with Crippen molar-refractivity contribution in [2.24, 2.45) is 0 Å². The molecule has 0 unspecified atom stereocenters. The molecule has 0 radical (unpaired) electrons. The molecule has 0 bridgehead atoms. The monoisotopic (exact) mass is 271 g/mol. The van der Waals surface area contributed by atoms with Crippen molar-refractivity contribution in [2.45, 2.75) is 0 Å².